The zero-order valence-corrected chi connectivity index (χ0v) is 8.88. The van der Waals surface area contributed by atoms with Gasteiger partial charge in [-0.3, -0.25) is 14.2 Å². The lowest BCUT2D eigenvalue weighted by atomic mass is 10.1. The van der Waals surface area contributed by atoms with Crippen molar-refractivity contribution in [3.63, 3.8) is 0 Å². The third kappa shape index (κ3) is 1.48. The van der Waals surface area contributed by atoms with E-state index in [2.05, 4.69) is 0 Å². The van der Waals surface area contributed by atoms with E-state index in [0.717, 1.165) is 4.57 Å². The lowest BCUT2D eigenvalue weighted by Gasteiger charge is -2.06. The van der Waals surface area contributed by atoms with Gasteiger partial charge in [-0.05, 0) is 18.2 Å². The van der Waals surface area contributed by atoms with Crippen LogP contribution in [0.3, 0.4) is 0 Å². The maximum atomic E-state index is 11.8. The summed E-state index contributed by atoms with van der Waals surface area (Å²) in [5.41, 5.74) is 3.79. The summed E-state index contributed by atoms with van der Waals surface area (Å²) in [6.07, 6.45) is 0. The Hall–Kier alpha value is -2.57. The molecule has 0 aliphatic carbocycles. The molecule has 7 nitrogen and oxygen atoms in total. The molecule has 1 heterocycles. The van der Waals surface area contributed by atoms with Crippen molar-refractivity contribution in [1.82, 2.24) is 9.30 Å². The van der Waals surface area contributed by atoms with Crippen LogP contribution in [0.15, 0.2) is 27.8 Å². The summed E-state index contributed by atoms with van der Waals surface area (Å²) in [4.78, 5) is 34.1. The number of nitrogens with zero attached hydrogens (tertiary/aromatic N) is 2. The molecule has 7 heteroatoms. The second kappa shape index (κ2) is 3.48. The molecule has 88 valence electrons. The molecule has 0 aliphatic heterocycles. The van der Waals surface area contributed by atoms with Crippen LogP contribution in [0.4, 0.5) is 0 Å². The van der Waals surface area contributed by atoms with Gasteiger partial charge in [-0.25, -0.2) is 4.79 Å². The highest BCUT2D eigenvalue weighted by Gasteiger charge is 2.11. The fourth-order valence-corrected chi connectivity index (χ4v) is 1.56. The van der Waals surface area contributed by atoms with Gasteiger partial charge in [-0.15, -0.1) is 4.73 Å². The van der Waals surface area contributed by atoms with Crippen LogP contribution < -0.4 is 17.0 Å². The summed E-state index contributed by atoms with van der Waals surface area (Å²) >= 11 is 0. The Kier molecular flexibility index (Phi) is 2.24. The number of hydrogen-bond acceptors (Lipinski definition) is 4. The molecular formula is C10H9N3O4. The monoisotopic (exact) mass is 235 g/mol. The first kappa shape index (κ1) is 10.9. The van der Waals surface area contributed by atoms with Crippen LogP contribution in [0.1, 0.15) is 10.4 Å². The highest BCUT2D eigenvalue weighted by molar-refractivity contribution is 5.96. The minimum Gasteiger partial charge on any atom is -0.424 e. The average molecular weight is 235 g/mol. The van der Waals surface area contributed by atoms with Crippen molar-refractivity contribution in [2.24, 2.45) is 12.8 Å². The average Bonchev–Trinajstić information content (AvgIpc) is 2.32. The minimum absolute atomic E-state index is 0.0306. The van der Waals surface area contributed by atoms with E-state index in [9.17, 15) is 19.6 Å². The van der Waals surface area contributed by atoms with Crippen LogP contribution in [0.5, 0.6) is 0 Å². The molecule has 3 N–H and O–H groups in total. The van der Waals surface area contributed by atoms with Crippen molar-refractivity contribution in [2.45, 2.75) is 0 Å². The summed E-state index contributed by atoms with van der Waals surface area (Å²) in [5.74, 6) is -0.690. The van der Waals surface area contributed by atoms with Gasteiger partial charge in [-0.1, -0.05) is 0 Å². The van der Waals surface area contributed by atoms with Gasteiger partial charge >= 0.3 is 5.69 Å². The van der Waals surface area contributed by atoms with Crippen molar-refractivity contribution in [3.8, 4) is 0 Å². The third-order valence-corrected chi connectivity index (χ3v) is 2.51. The summed E-state index contributed by atoms with van der Waals surface area (Å²) < 4.78 is 1.09. The lowest BCUT2D eigenvalue weighted by Crippen LogP contribution is -2.37. The number of nitrogens with two attached hydrogens (primary N) is 1. The summed E-state index contributed by atoms with van der Waals surface area (Å²) in [6.45, 7) is 0. The van der Waals surface area contributed by atoms with Crippen LogP contribution in [0.2, 0.25) is 0 Å². The van der Waals surface area contributed by atoms with Crippen molar-refractivity contribution in [3.05, 3.63) is 44.6 Å². The second-order valence-electron chi connectivity index (χ2n) is 3.55. The van der Waals surface area contributed by atoms with Crippen molar-refractivity contribution >= 4 is 16.8 Å². The number of carbonyl (C=O) groups excluding carboxylic acids is 1. The van der Waals surface area contributed by atoms with E-state index in [1.807, 2.05) is 0 Å². The van der Waals surface area contributed by atoms with Gasteiger partial charge < -0.3 is 10.9 Å². The molecule has 0 unspecified atom stereocenters. The van der Waals surface area contributed by atoms with Crippen LogP contribution in [0.25, 0.3) is 10.9 Å². The number of primary amides is 1. The van der Waals surface area contributed by atoms with Crippen LogP contribution in [-0.4, -0.2) is 20.4 Å². The Morgan fingerprint density at radius 3 is 2.59 bits per heavy atom. The molecule has 17 heavy (non-hydrogen) atoms. The van der Waals surface area contributed by atoms with Crippen molar-refractivity contribution in [2.75, 3.05) is 0 Å². The molecule has 2 aromatic rings. The number of aromatic nitrogens is 2. The van der Waals surface area contributed by atoms with Gasteiger partial charge in [-0.2, -0.15) is 0 Å². The molecule has 0 saturated heterocycles. The van der Waals surface area contributed by atoms with E-state index in [-0.39, 0.29) is 16.5 Å². The molecule has 0 atom stereocenters. The molecule has 0 aliphatic rings. The van der Waals surface area contributed by atoms with E-state index in [0.29, 0.717) is 4.73 Å². The standard InChI is InChI=1S/C10H9N3O4/c1-12-9(15)6-4-5(8(11)14)2-3-7(6)13(17)10(12)16/h2-4,17H,1H3,(H2,11,14). The van der Waals surface area contributed by atoms with Gasteiger partial charge in [0.25, 0.3) is 5.56 Å². The second-order valence-corrected chi connectivity index (χ2v) is 3.55. The molecule has 0 radical (unpaired) electrons. The number of benzene rings is 1. The van der Waals surface area contributed by atoms with Gasteiger partial charge in [0.05, 0.1) is 10.9 Å². The third-order valence-electron chi connectivity index (χ3n) is 2.51. The SMILES string of the molecule is Cn1c(=O)c2cc(C(N)=O)ccc2n(O)c1=O. The summed E-state index contributed by atoms with van der Waals surface area (Å²) in [5, 5.41) is 9.57. The van der Waals surface area contributed by atoms with Crippen LogP contribution in [0, 0.1) is 0 Å². The Balaban J connectivity index is 3.02. The molecule has 0 fully saturated rings. The Morgan fingerprint density at radius 2 is 2.00 bits per heavy atom. The number of rotatable bonds is 1. The summed E-state index contributed by atoms with van der Waals surface area (Å²) in [7, 11) is 1.23. The fourth-order valence-electron chi connectivity index (χ4n) is 1.56. The summed E-state index contributed by atoms with van der Waals surface area (Å²) in [6, 6.07) is 3.86. The lowest BCUT2D eigenvalue weighted by molar-refractivity contribution is 0.100. The highest BCUT2D eigenvalue weighted by Crippen LogP contribution is 2.09. The van der Waals surface area contributed by atoms with Gasteiger partial charge in [0.15, 0.2) is 0 Å². The van der Waals surface area contributed by atoms with Crippen LogP contribution in [-0.2, 0) is 7.05 Å². The molecule has 0 spiro atoms. The van der Waals surface area contributed by atoms with Crippen molar-refractivity contribution < 1.29 is 10.0 Å². The molecule has 1 aromatic heterocycles. The molecular weight excluding hydrogens is 226 g/mol. The molecule has 0 saturated carbocycles. The van der Waals surface area contributed by atoms with E-state index in [1.165, 1.54) is 25.2 Å². The quantitative estimate of drug-likeness (QED) is 0.620. The molecule has 1 amide bonds. The molecule has 0 bridgehead atoms. The number of hydrogen-bond donors (Lipinski definition) is 2. The highest BCUT2D eigenvalue weighted by atomic mass is 16.5. The number of carbonyl (C=O) groups is 1. The van der Waals surface area contributed by atoms with Gasteiger partial charge in [0.2, 0.25) is 5.91 Å². The number of fused-ring (bicyclic) bond motifs is 1. The Morgan fingerprint density at radius 1 is 1.35 bits per heavy atom. The molecule has 1 aromatic carbocycles. The minimum atomic E-state index is -0.852. The first-order valence-electron chi connectivity index (χ1n) is 4.68. The predicted molar refractivity (Wildman–Crippen MR) is 59.2 cm³/mol. The van der Waals surface area contributed by atoms with E-state index >= 15 is 0 Å². The van der Waals surface area contributed by atoms with Crippen LogP contribution >= 0.6 is 0 Å². The maximum absolute atomic E-state index is 11.8. The van der Waals surface area contributed by atoms with Crippen molar-refractivity contribution in [1.29, 1.82) is 0 Å². The predicted octanol–water partition coefficient (Wildman–Crippen LogP) is -0.964. The normalized spacial score (nSPS) is 10.6. The first-order chi connectivity index (χ1) is 7.93. The zero-order chi connectivity index (χ0) is 12.7. The Labute approximate surface area is 94.3 Å². The van der Waals surface area contributed by atoms with E-state index < -0.39 is 17.2 Å². The largest absolute Gasteiger partial charge is 0.424 e. The van der Waals surface area contributed by atoms with E-state index in [1.54, 1.807) is 0 Å². The van der Waals surface area contributed by atoms with E-state index in [4.69, 9.17) is 5.73 Å². The zero-order valence-electron chi connectivity index (χ0n) is 8.88. The first-order valence-corrected chi connectivity index (χ1v) is 4.68. The topological polar surface area (TPSA) is 107 Å². The Bertz CT molecular complexity index is 742. The maximum Gasteiger partial charge on any atom is 0.364 e. The number of amides is 1. The molecule has 2 rings (SSSR count). The van der Waals surface area contributed by atoms with Gasteiger partial charge in [0.1, 0.15) is 0 Å². The van der Waals surface area contributed by atoms with Gasteiger partial charge in [0, 0.05) is 12.6 Å². The fraction of sp³-hybridized carbons (Fsp3) is 0.100. The smallest absolute Gasteiger partial charge is 0.364 e.